The molecule has 0 spiro atoms. The van der Waals surface area contributed by atoms with Crippen LogP contribution in [0.2, 0.25) is 0 Å². The molecule has 2 aliphatic heterocycles. The number of hydrogen-bond acceptors (Lipinski definition) is 8. The molecule has 0 radical (unpaired) electrons. The van der Waals surface area contributed by atoms with E-state index in [2.05, 4.69) is 5.10 Å². The van der Waals surface area contributed by atoms with Crippen molar-refractivity contribution >= 4 is 27.8 Å². The van der Waals surface area contributed by atoms with Crippen molar-refractivity contribution in [2.24, 2.45) is 7.05 Å². The van der Waals surface area contributed by atoms with Crippen molar-refractivity contribution in [1.82, 2.24) is 19.6 Å². The van der Waals surface area contributed by atoms with Gasteiger partial charge in [-0.25, -0.2) is 18.0 Å². The number of ether oxygens (including phenoxy) is 2. The Bertz CT molecular complexity index is 1210. The highest BCUT2D eigenvalue weighted by atomic mass is 32.2. The fourth-order valence-electron chi connectivity index (χ4n) is 5.50. The smallest absolute Gasteiger partial charge is 0.409 e. The highest BCUT2D eigenvalue weighted by Gasteiger charge is 2.65. The summed E-state index contributed by atoms with van der Waals surface area (Å²) in [6.45, 7) is 8.32. The van der Waals surface area contributed by atoms with E-state index >= 15 is 0 Å². The first-order valence-electron chi connectivity index (χ1n) is 12.0. The highest BCUT2D eigenvalue weighted by molar-refractivity contribution is 7.94. The second-order valence-corrected chi connectivity index (χ2v) is 13.6. The SMILES string of the molecule is CCOC(=O)c1nn(C)c2c1CCN(CC1(S(=O)(=O)C(C)(C)C3COC(C)(C)N3C(=O)O)CC1)C2=O. The lowest BCUT2D eigenvalue weighted by molar-refractivity contribution is -0.0427. The van der Waals surface area contributed by atoms with Gasteiger partial charge in [0, 0.05) is 25.7 Å². The van der Waals surface area contributed by atoms with Gasteiger partial charge in [-0.1, -0.05) is 0 Å². The summed E-state index contributed by atoms with van der Waals surface area (Å²) < 4.78 is 37.6. The second kappa shape index (κ2) is 8.44. The Kier molecular flexibility index (Phi) is 6.19. The summed E-state index contributed by atoms with van der Waals surface area (Å²) in [7, 11) is -2.36. The molecule has 12 nitrogen and oxygen atoms in total. The minimum Gasteiger partial charge on any atom is -0.465 e. The zero-order valence-corrected chi connectivity index (χ0v) is 22.3. The topological polar surface area (TPSA) is 148 Å². The third-order valence-electron chi connectivity index (χ3n) is 7.78. The molecule has 2 amide bonds. The third-order valence-corrected chi connectivity index (χ3v) is 11.1. The Hall–Kier alpha value is -2.67. The third kappa shape index (κ3) is 3.78. The summed E-state index contributed by atoms with van der Waals surface area (Å²) in [6.07, 6.45) is -0.152. The Morgan fingerprint density at radius 2 is 1.92 bits per heavy atom. The average Bonchev–Trinajstić information content (AvgIpc) is 3.38. The fourth-order valence-corrected chi connectivity index (χ4v) is 8.11. The summed E-state index contributed by atoms with van der Waals surface area (Å²) in [5.74, 6) is -0.984. The van der Waals surface area contributed by atoms with E-state index in [1.54, 1.807) is 27.8 Å². The molecule has 1 aliphatic carbocycles. The van der Waals surface area contributed by atoms with Crippen LogP contribution in [0.1, 0.15) is 74.0 Å². The first-order valence-corrected chi connectivity index (χ1v) is 13.5. The van der Waals surface area contributed by atoms with Gasteiger partial charge in [-0.2, -0.15) is 5.10 Å². The van der Waals surface area contributed by atoms with Gasteiger partial charge in [0.25, 0.3) is 5.91 Å². The molecule has 1 N–H and O–H groups in total. The number of nitrogens with zero attached hydrogens (tertiary/aromatic N) is 4. The van der Waals surface area contributed by atoms with Crippen molar-refractivity contribution in [3.8, 4) is 0 Å². The van der Waals surface area contributed by atoms with Gasteiger partial charge in [0.2, 0.25) is 0 Å². The van der Waals surface area contributed by atoms with E-state index in [1.165, 1.54) is 23.4 Å². The van der Waals surface area contributed by atoms with Crippen LogP contribution >= 0.6 is 0 Å². The van der Waals surface area contributed by atoms with Crippen LogP contribution in [-0.4, -0.2) is 98.6 Å². The fraction of sp³-hybridized carbons (Fsp3) is 0.739. The Morgan fingerprint density at radius 1 is 1.28 bits per heavy atom. The lowest BCUT2D eigenvalue weighted by Gasteiger charge is -2.41. The summed E-state index contributed by atoms with van der Waals surface area (Å²) in [5, 5.41) is 14.0. The van der Waals surface area contributed by atoms with Gasteiger partial charge in [0.05, 0.1) is 28.7 Å². The molecular formula is C23H34N4O8S. The number of aromatic nitrogens is 2. The van der Waals surface area contributed by atoms with Crippen molar-refractivity contribution < 1.29 is 37.4 Å². The van der Waals surface area contributed by atoms with E-state index < -0.39 is 49.1 Å². The van der Waals surface area contributed by atoms with Crippen LogP contribution in [-0.2, 0) is 32.8 Å². The van der Waals surface area contributed by atoms with E-state index in [0.29, 0.717) is 24.8 Å². The van der Waals surface area contributed by atoms with Crippen LogP contribution in [0, 0.1) is 0 Å². The van der Waals surface area contributed by atoms with Crippen LogP contribution in [0.15, 0.2) is 0 Å². The first-order chi connectivity index (χ1) is 16.6. The summed E-state index contributed by atoms with van der Waals surface area (Å²) in [6, 6.07) is -0.902. The van der Waals surface area contributed by atoms with E-state index in [9.17, 15) is 27.9 Å². The van der Waals surface area contributed by atoms with Crippen molar-refractivity contribution in [2.45, 2.75) is 75.1 Å². The van der Waals surface area contributed by atoms with Crippen LogP contribution in [0.5, 0.6) is 0 Å². The number of sulfone groups is 1. The Balaban J connectivity index is 1.60. The summed E-state index contributed by atoms with van der Waals surface area (Å²) >= 11 is 0. The van der Waals surface area contributed by atoms with Crippen molar-refractivity contribution in [1.29, 1.82) is 0 Å². The maximum absolute atomic E-state index is 14.1. The van der Waals surface area contributed by atoms with E-state index in [1.807, 2.05) is 0 Å². The molecule has 1 unspecified atom stereocenters. The molecule has 3 heterocycles. The molecule has 36 heavy (non-hydrogen) atoms. The van der Waals surface area contributed by atoms with Crippen molar-refractivity contribution in [2.75, 3.05) is 26.3 Å². The summed E-state index contributed by atoms with van der Waals surface area (Å²) in [5.41, 5.74) is -0.294. The molecule has 1 saturated carbocycles. The van der Waals surface area contributed by atoms with Crippen molar-refractivity contribution in [3.63, 3.8) is 0 Å². The molecule has 1 saturated heterocycles. The quantitative estimate of drug-likeness (QED) is 0.521. The van der Waals surface area contributed by atoms with Crippen LogP contribution < -0.4 is 0 Å². The number of aryl methyl sites for hydroxylation is 1. The van der Waals surface area contributed by atoms with Crippen LogP contribution in [0.3, 0.4) is 0 Å². The zero-order chi connectivity index (χ0) is 26.8. The van der Waals surface area contributed by atoms with Gasteiger partial charge in [0.1, 0.15) is 11.4 Å². The number of rotatable bonds is 7. The predicted molar refractivity (Wildman–Crippen MR) is 127 cm³/mol. The van der Waals surface area contributed by atoms with Gasteiger partial charge >= 0.3 is 12.1 Å². The lowest BCUT2D eigenvalue weighted by atomic mass is 10.0. The minimum absolute atomic E-state index is 0.0129. The second-order valence-electron chi connectivity index (χ2n) is 10.7. The number of hydrogen-bond donors (Lipinski definition) is 1. The molecule has 3 aliphatic rings. The Morgan fingerprint density at radius 3 is 2.47 bits per heavy atom. The monoisotopic (exact) mass is 526 g/mol. The summed E-state index contributed by atoms with van der Waals surface area (Å²) in [4.78, 5) is 40.3. The molecule has 13 heteroatoms. The molecule has 4 rings (SSSR count). The molecule has 1 atom stereocenters. The number of esters is 1. The van der Waals surface area contributed by atoms with Gasteiger partial charge in [0.15, 0.2) is 15.5 Å². The predicted octanol–water partition coefficient (Wildman–Crippen LogP) is 1.44. The zero-order valence-electron chi connectivity index (χ0n) is 21.5. The van der Waals surface area contributed by atoms with Gasteiger partial charge in [-0.3, -0.25) is 14.4 Å². The van der Waals surface area contributed by atoms with E-state index in [-0.39, 0.29) is 37.7 Å². The van der Waals surface area contributed by atoms with E-state index in [4.69, 9.17) is 9.47 Å². The first kappa shape index (κ1) is 26.4. The normalized spacial score (nSPS) is 22.9. The van der Waals surface area contributed by atoms with Crippen LogP contribution in [0.4, 0.5) is 4.79 Å². The van der Waals surface area contributed by atoms with Gasteiger partial charge < -0.3 is 19.5 Å². The van der Waals surface area contributed by atoms with Gasteiger partial charge in [-0.15, -0.1) is 0 Å². The molecule has 1 aromatic rings. The molecule has 0 bridgehead atoms. The highest BCUT2D eigenvalue weighted by Crippen LogP contribution is 2.51. The maximum atomic E-state index is 14.1. The number of fused-ring (bicyclic) bond motifs is 1. The molecule has 2 fully saturated rings. The standard InChI is InChI=1S/C23H34N4O8S/c1-7-34-19(29)16-14-8-11-26(18(28)17(14)25(6)24-16)13-23(9-10-23)36(32,33)21(2,3)15-12-35-22(4,5)27(15)20(30)31/h15H,7-13H2,1-6H3,(H,30,31). The van der Waals surface area contributed by atoms with Crippen LogP contribution in [0.25, 0.3) is 0 Å². The average molecular weight is 527 g/mol. The van der Waals surface area contributed by atoms with Crippen molar-refractivity contribution in [3.05, 3.63) is 17.0 Å². The number of carbonyl (C=O) groups excluding carboxylic acids is 2. The molecule has 1 aromatic heterocycles. The molecular weight excluding hydrogens is 492 g/mol. The largest absolute Gasteiger partial charge is 0.465 e. The number of carboxylic acid groups (broad SMARTS) is 1. The minimum atomic E-state index is -3.93. The maximum Gasteiger partial charge on any atom is 0.409 e. The molecule has 0 aromatic carbocycles. The lowest BCUT2D eigenvalue weighted by Crippen LogP contribution is -2.61. The molecule has 200 valence electrons. The number of carbonyl (C=O) groups is 3. The van der Waals surface area contributed by atoms with E-state index in [0.717, 1.165) is 4.90 Å². The van der Waals surface area contributed by atoms with Gasteiger partial charge in [-0.05, 0) is 53.9 Å². The Labute approximate surface area is 210 Å². The number of amides is 2.